The molecule has 20 heavy (non-hydrogen) atoms. The molecule has 1 heterocycles. The molecule has 0 radical (unpaired) electrons. The van der Waals surface area contributed by atoms with Gasteiger partial charge < -0.3 is 4.74 Å². The van der Waals surface area contributed by atoms with E-state index >= 15 is 0 Å². The number of carbonyl (C=O) groups is 1. The van der Waals surface area contributed by atoms with Crippen LogP contribution in [0.3, 0.4) is 0 Å². The standard InChI is InChI=1S/C17H16O2S/c1-2-19-16(18)11-15-14-6-4-3-5-12(14)7-8-13-9-10-20-17(13)15/h3-6,9-11H,2,7-8H2,1H3/b15-11-. The van der Waals surface area contributed by atoms with Gasteiger partial charge in [-0.1, -0.05) is 24.3 Å². The first kappa shape index (κ1) is 13.1. The molecule has 0 N–H and O–H groups in total. The normalized spacial score (nSPS) is 15.3. The Morgan fingerprint density at radius 3 is 2.90 bits per heavy atom. The van der Waals surface area contributed by atoms with Gasteiger partial charge in [0.2, 0.25) is 0 Å². The highest BCUT2D eigenvalue weighted by atomic mass is 32.1. The van der Waals surface area contributed by atoms with Gasteiger partial charge in [-0.15, -0.1) is 11.3 Å². The van der Waals surface area contributed by atoms with Crippen molar-refractivity contribution in [3.63, 3.8) is 0 Å². The molecular formula is C17H16O2S. The van der Waals surface area contributed by atoms with Crippen LogP contribution >= 0.6 is 11.3 Å². The quantitative estimate of drug-likeness (QED) is 0.618. The van der Waals surface area contributed by atoms with Crippen molar-refractivity contribution in [2.24, 2.45) is 0 Å². The predicted molar refractivity (Wildman–Crippen MR) is 81.9 cm³/mol. The van der Waals surface area contributed by atoms with Gasteiger partial charge in [-0.25, -0.2) is 4.79 Å². The van der Waals surface area contributed by atoms with Crippen LogP contribution in [0.25, 0.3) is 5.57 Å². The molecule has 0 fully saturated rings. The van der Waals surface area contributed by atoms with Crippen LogP contribution in [0.15, 0.2) is 41.8 Å². The zero-order valence-corrected chi connectivity index (χ0v) is 12.2. The van der Waals surface area contributed by atoms with Gasteiger partial charge in [0.15, 0.2) is 0 Å². The molecule has 2 nitrogen and oxygen atoms in total. The summed E-state index contributed by atoms with van der Waals surface area (Å²) in [5.74, 6) is -0.265. The number of ether oxygens (including phenoxy) is 1. The highest BCUT2D eigenvalue weighted by Gasteiger charge is 2.20. The van der Waals surface area contributed by atoms with Gasteiger partial charge in [-0.05, 0) is 47.9 Å². The van der Waals surface area contributed by atoms with E-state index < -0.39 is 0 Å². The lowest BCUT2D eigenvalue weighted by Crippen LogP contribution is -2.02. The third-order valence-electron chi connectivity index (χ3n) is 3.51. The molecule has 0 bridgehead atoms. The topological polar surface area (TPSA) is 26.3 Å². The first-order valence-corrected chi connectivity index (χ1v) is 7.71. The zero-order chi connectivity index (χ0) is 13.9. The zero-order valence-electron chi connectivity index (χ0n) is 11.4. The fourth-order valence-corrected chi connectivity index (χ4v) is 3.59. The lowest BCUT2D eigenvalue weighted by molar-refractivity contribution is -0.137. The van der Waals surface area contributed by atoms with Crippen LogP contribution in [-0.4, -0.2) is 12.6 Å². The maximum absolute atomic E-state index is 11.9. The van der Waals surface area contributed by atoms with Crippen molar-refractivity contribution < 1.29 is 9.53 Å². The average Bonchev–Trinajstić information content (AvgIpc) is 2.86. The molecule has 1 aliphatic carbocycles. The molecule has 0 atom stereocenters. The SMILES string of the molecule is CCOC(=O)/C=C1/c2ccccc2CCc2ccsc21. The van der Waals surface area contributed by atoms with Gasteiger partial charge in [0.05, 0.1) is 6.61 Å². The Bertz CT molecular complexity index is 667. The molecule has 2 aromatic rings. The van der Waals surface area contributed by atoms with E-state index in [0.717, 1.165) is 24.0 Å². The second-order valence-corrected chi connectivity index (χ2v) is 5.66. The van der Waals surface area contributed by atoms with Crippen molar-refractivity contribution in [3.05, 3.63) is 63.4 Å². The summed E-state index contributed by atoms with van der Waals surface area (Å²) in [4.78, 5) is 13.1. The van der Waals surface area contributed by atoms with E-state index in [2.05, 4.69) is 29.6 Å². The van der Waals surface area contributed by atoms with E-state index in [9.17, 15) is 4.79 Å². The molecule has 0 spiro atoms. The van der Waals surface area contributed by atoms with Crippen molar-refractivity contribution >= 4 is 22.9 Å². The second-order valence-electron chi connectivity index (χ2n) is 4.74. The summed E-state index contributed by atoms with van der Waals surface area (Å²) < 4.78 is 5.08. The number of hydrogen-bond donors (Lipinski definition) is 0. The highest BCUT2D eigenvalue weighted by molar-refractivity contribution is 7.11. The third kappa shape index (κ3) is 2.41. The van der Waals surface area contributed by atoms with Crippen molar-refractivity contribution in [2.45, 2.75) is 19.8 Å². The number of aryl methyl sites for hydroxylation is 2. The molecular weight excluding hydrogens is 268 g/mol. The fraction of sp³-hybridized carbons (Fsp3) is 0.235. The number of thiophene rings is 1. The van der Waals surface area contributed by atoms with E-state index in [1.54, 1.807) is 17.4 Å². The number of benzene rings is 1. The van der Waals surface area contributed by atoms with Crippen LogP contribution in [0.4, 0.5) is 0 Å². The van der Waals surface area contributed by atoms with Crippen molar-refractivity contribution in [1.29, 1.82) is 0 Å². The summed E-state index contributed by atoms with van der Waals surface area (Å²) in [6.07, 6.45) is 3.68. The van der Waals surface area contributed by atoms with Gasteiger partial charge in [0.1, 0.15) is 0 Å². The Labute approximate surface area is 122 Å². The maximum Gasteiger partial charge on any atom is 0.331 e. The first-order valence-electron chi connectivity index (χ1n) is 6.83. The summed E-state index contributed by atoms with van der Waals surface area (Å²) in [6.45, 7) is 2.23. The molecule has 1 aromatic carbocycles. The van der Waals surface area contributed by atoms with Crippen LogP contribution in [0.2, 0.25) is 0 Å². The smallest absolute Gasteiger partial charge is 0.331 e. The second kappa shape index (κ2) is 5.63. The Balaban J connectivity index is 2.15. The van der Waals surface area contributed by atoms with Crippen molar-refractivity contribution in [1.82, 2.24) is 0 Å². The van der Waals surface area contributed by atoms with Crippen LogP contribution in [0.1, 0.15) is 28.5 Å². The number of hydrogen-bond acceptors (Lipinski definition) is 3. The molecule has 0 saturated carbocycles. The Morgan fingerprint density at radius 1 is 1.25 bits per heavy atom. The number of esters is 1. The van der Waals surface area contributed by atoms with Crippen molar-refractivity contribution in [2.75, 3.05) is 6.61 Å². The number of fused-ring (bicyclic) bond motifs is 2. The molecule has 3 heteroatoms. The molecule has 0 aliphatic heterocycles. The Morgan fingerprint density at radius 2 is 2.05 bits per heavy atom. The monoisotopic (exact) mass is 284 g/mol. The fourth-order valence-electron chi connectivity index (χ4n) is 2.61. The lowest BCUT2D eigenvalue weighted by atomic mass is 9.99. The molecule has 102 valence electrons. The van der Waals surface area contributed by atoms with Crippen LogP contribution in [0, 0.1) is 0 Å². The summed E-state index contributed by atoms with van der Waals surface area (Å²) >= 11 is 1.69. The Kier molecular flexibility index (Phi) is 3.70. The van der Waals surface area contributed by atoms with E-state index in [-0.39, 0.29) is 5.97 Å². The average molecular weight is 284 g/mol. The van der Waals surface area contributed by atoms with Gasteiger partial charge in [0, 0.05) is 16.5 Å². The van der Waals surface area contributed by atoms with Crippen LogP contribution < -0.4 is 0 Å². The van der Waals surface area contributed by atoms with E-state index in [1.165, 1.54) is 16.0 Å². The molecule has 0 amide bonds. The summed E-state index contributed by atoms with van der Waals surface area (Å²) in [5.41, 5.74) is 4.77. The third-order valence-corrected chi connectivity index (χ3v) is 4.50. The summed E-state index contributed by atoms with van der Waals surface area (Å²) in [5, 5.41) is 2.09. The van der Waals surface area contributed by atoms with Gasteiger partial charge in [0.25, 0.3) is 0 Å². The van der Waals surface area contributed by atoms with E-state index in [0.29, 0.717) is 6.61 Å². The first-order chi connectivity index (χ1) is 9.79. The number of carbonyl (C=O) groups excluding carboxylic acids is 1. The molecule has 1 aromatic heterocycles. The van der Waals surface area contributed by atoms with Crippen molar-refractivity contribution in [3.8, 4) is 0 Å². The minimum atomic E-state index is -0.265. The number of rotatable bonds is 2. The highest BCUT2D eigenvalue weighted by Crippen LogP contribution is 2.36. The molecule has 0 saturated heterocycles. The Hall–Kier alpha value is -1.87. The van der Waals surface area contributed by atoms with Crippen LogP contribution in [-0.2, 0) is 22.4 Å². The maximum atomic E-state index is 11.9. The van der Waals surface area contributed by atoms with Gasteiger partial charge in [-0.3, -0.25) is 0 Å². The molecule has 3 rings (SSSR count). The summed E-state index contributed by atoms with van der Waals surface area (Å²) in [7, 11) is 0. The molecule has 0 unspecified atom stereocenters. The van der Waals surface area contributed by atoms with Gasteiger partial charge in [-0.2, -0.15) is 0 Å². The minimum Gasteiger partial charge on any atom is -0.463 e. The van der Waals surface area contributed by atoms with Crippen LogP contribution in [0.5, 0.6) is 0 Å². The lowest BCUT2D eigenvalue weighted by Gasteiger charge is -2.09. The summed E-state index contributed by atoms with van der Waals surface area (Å²) in [6, 6.07) is 10.5. The van der Waals surface area contributed by atoms with E-state index in [1.807, 2.05) is 13.0 Å². The molecule has 1 aliphatic rings. The van der Waals surface area contributed by atoms with E-state index in [4.69, 9.17) is 4.74 Å². The predicted octanol–water partition coefficient (Wildman–Crippen LogP) is 3.84. The van der Waals surface area contributed by atoms with Gasteiger partial charge >= 0.3 is 5.97 Å². The largest absolute Gasteiger partial charge is 0.463 e. The minimum absolute atomic E-state index is 0.265.